The third-order valence-electron chi connectivity index (χ3n) is 8.14. The minimum atomic E-state index is -6.09. The van der Waals surface area contributed by atoms with E-state index < -0.39 is 31.3 Å². The van der Waals surface area contributed by atoms with Gasteiger partial charge in [-0.2, -0.15) is 26.3 Å². The largest absolute Gasteiger partial charge is 2.00 e. The van der Waals surface area contributed by atoms with E-state index in [2.05, 4.69) is 60.7 Å². The Morgan fingerprint density at radius 1 is 0.462 bits per heavy atom. The van der Waals surface area contributed by atoms with Crippen molar-refractivity contribution in [3.63, 3.8) is 0 Å². The van der Waals surface area contributed by atoms with Crippen molar-refractivity contribution in [2.45, 2.75) is 11.0 Å². The second-order valence-corrected chi connectivity index (χ2v) is 16.8. The summed E-state index contributed by atoms with van der Waals surface area (Å²) in [6.07, 6.45) is 0. The van der Waals surface area contributed by atoms with Gasteiger partial charge in [0.1, 0.15) is 0 Å². The first-order valence-electron chi connectivity index (χ1n) is 18.4. The number of alkyl halides is 6. The van der Waals surface area contributed by atoms with Gasteiger partial charge in [-0.15, -0.1) is 0 Å². The number of hydrogen-bond donors (Lipinski definition) is 0. The monoisotopic (exact) mass is 997 g/mol. The fraction of sp³-hybridized carbons (Fsp3) is 0.238. The first kappa shape index (κ1) is 55.3. The Kier molecular flexibility index (Phi) is 19.9. The third-order valence-corrected chi connectivity index (χ3v) is 9.28. The summed E-state index contributed by atoms with van der Waals surface area (Å²) in [6, 6.07) is 41.0. The molecule has 0 bridgehead atoms. The number of para-hydroxylation sites is 2. The van der Waals surface area contributed by atoms with E-state index in [1.165, 1.54) is 0 Å². The fourth-order valence-corrected chi connectivity index (χ4v) is 5.40. The van der Waals surface area contributed by atoms with Gasteiger partial charge in [0.25, 0.3) is 0 Å². The summed E-state index contributed by atoms with van der Waals surface area (Å²) in [4.78, 5) is 27.4. The van der Waals surface area contributed by atoms with Crippen LogP contribution in [0.4, 0.5) is 37.7 Å². The molecule has 0 fully saturated rings. The Labute approximate surface area is 383 Å². The molecule has 0 aliphatic heterocycles. The normalized spacial score (nSPS) is 11.2. The SMILES string of the molecule is CN(C)C(=Nc1cccc2ccc(-c3ccccc3)nc12)N(C)C.CN(C)C(=Nc1cccc2ccc(-c3ccccc3)nc12)N(C)C.O=S(=O)([O-])C(F)(F)F.O=S(=O)([O-])C(F)(F)F.[Cu+2]. The van der Waals surface area contributed by atoms with Crippen LogP contribution in [-0.4, -0.2) is 135 Å². The minimum Gasteiger partial charge on any atom is -0.741 e. The average molecular weight is 999 g/mol. The molecule has 0 amide bonds. The van der Waals surface area contributed by atoms with Crippen molar-refractivity contribution in [2.24, 2.45) is 9.98 Å². The maximum atomic E-state index is 10.7. The van der Waals surface area contributed by atoms with Gasteiger partial charge in [0, 0.05) is 78.3 Å². The van der Waals surface area contributed by atoms with Crippen LogP contribution in [0.3, 0.4) is 0 Å². The Balaban J connectivity index is 0.000000333. The second kappa shape index (κ2) is 23.4. The van der Waals surface area contributed by atoms with Crippen molar-refractivity contribution in [2.75, 3.05) is 56.4 Å². The zero-order valence-electron chi connectivity index (χ0n) is 36.0. The van der Waals surface area contributed by atoms with Crippen LogP contribution in [0.2, 0.25) is 0 Å². The molecule has 0 atom stereocenters. The third kappa shape index (κ3) is 16.3. The van der Waals surface area contributed by atoms with Crippen molar-refractivity contribution in [1.82, 2.24) is 29.6 Å². The van der Waals surface area contributed by atoms with E-state index >= 15 is 0 Å². The van der Waals surface area contributed by atoms with E-state index in [1.807, 2.05) is 137 Å². The van der Waals surface area contributed by atoms with Crippen molar-refractivity contribution >= 4 is 65.3 Å². The molecule has 0 N–H and O–H groups in total. The van der Waals surface area contributed by atoms with Crippen LogP contribution >= 0.6 is 0 Å². The number of guanidine groups is 2. The molecule has 0 spiro atoms. The number of halogens is 6. The quantitative estimate of drug-likeness (QED) is 0.0415. The van der Waals surface area contributed by atoms with Crippen molar-refractivity contribution in [1.29, 1.82) is 0 Å². The summed E-state index contributed by atoms with van der Waals surface area (Å²) in [5.41, 5.74) is -3.56. The average Bonchev–Trinajstić information content (AvgIpc) is 3.21. The second-order valence-electron chi connectivity index (χ2n) is 14.0. The summed E-state index contributed by atoms with van der Waals surface area (Å²) in [7, 11) is 3.76. The number of fused-ring (bicyclic) bond motifs is 2. The molecule has 2 aromatic heterocycles. The van der Waals surface area contributed by atoms with Crippen LogP contribution in [0.15, 0.2) is 131 Å². The smallest absolute Gasteiger partial charge is 0.741 e. The van der Waals surface area contributed by atoms with Gasteiger partial charge in [-0.05, 0) is 24.3 Å². The van der Waals surface area contributed by atoms with Crippen molar-refractivity contribution < 1.29 is 69.4 Å². The molecule has 353 valence electrons. The van der Waals surface area contributed by atoms with Crippen LogP contribution in [0, 0.1) is 0 Å². The standard InChI is InChI=1S/2C20H22N4.2CHF3O3S.Cu/c2*1-23(2)20(24(3)4)22-18-12-8-11-16-13-14-17(21-19(16)18)15-9-6-5-7-10-15;2*2-1(3,4)8(5,6)7;/h2*5-14H,1-4H3;2*(H,5,6,7);/q;;;;+2/p-2. The van der Waals surface area contributed by atoms with Gasteiger partial charge in [0.2, 0.25) is 11.9 Å². The fourth-order valence-electron chi connectivity index (χ4n) is 5.40. The number of aromatic nitrogens is 2. The molecule has 0 unspecified atom stereocenters. The molecule has 6 rings (SSSR count). The molecule has 0 saturated carbocycles. The van der Waals surface area contributed by atoms with Gasteiger partial charge < -0.3 is 28.7 Å². The van der Waals surface area contributed by atoms with Crippen LogP contribution in [-0.2, 0) is 37.3 Å². The summed E-state index contributed by atoms with van der Waals surface area (Å²) < 4.78 is 118. The van der Waals surface area contributed by atoms with Crippen LogP contribution in [0.1, 0.15) is 0 Å². The maximum absolute atomic E-state index is 10.7. The van der Waals surface area contributed by atoms with Gasteiger partial charge in [-0.3, -0.25) is 0 Å². The Morgan fingerprint density at radius 2 is 0.738 bits per heavy atom. The molecule has 23 heteroatoms. The molecular formula is C42H44CuF6N8O6S2. The van der Waals surface area contributed by atoms with E-state index in [4.69, 9.17) is 45.9 Å². The molecule has 14 nitrogen and oxygen atoms in total. The number of benzene rings is 4. The van der Waals surface area contributed by atoms with E-state index in [0.29, 0.717) is 0 Å². The summed E-state index contributed by atoms with van der Waals surface area (Å²) in [5.74, 6) is 1.77. The predicted molar refractivity (Wildman–Crippen MR) is 235 cm³/mol. The molecular weight excluding hydrogens is 954 g/mol. The van der Waals surface area contributed by atoms with Gasteiger partial charge in [-0.1, -0.05) is 97.1 Å². The van der Waals surface area contributed by atoms with E-state index in [9.17, 15) is 26.3 Å². The molecule has 65 heavy (non-hydrogen) atoms. The molecule has 6 aromatic rings. The first-order valence-corrected chi connectivity index (χ1v) is 21.3. The van der Waals surface area contributed by atoms with Crippen LogP contribution in [0.5, 0.6) is 0 Å². The van der Waals surface area contributed by atoms with E-state index in [-0.39, 0.29) is 17.1 Å². The summed E-state index contributed by atoms with van der Waals surface area (Å²) >= 11 is 0. The van der Waals surface area contributed by atoms with Crippen molar-refractivity contribution in [3.05, 3.63) is 121 Å². The summed E-state index contributed by atoms with van der Waals surface area (Å²) in [5, 5.41) is 2.18. The van der Waals surface area contributed by atoms with Crippen LogP contribution < -0.4 is 0 Å². The minimum absolute atomic E-state index is 0. The Bertz CT molecular complexity index is 2570. The number of hydrogen-bond acceptors (Lipinski definition) is 10. The van der Waals surface area contributed by atoms with Gasteiger partial charge in [-0.25, -0.2) is 36.8 Å². The number of pyridine rings is 2. The molecule has 0 aliphatic carbocycles. The topological polar surface area (TPSA) is 178 Å². The zero-order valence-corrected chi connectivity index (χ0v) is 38.5. The predicted octanol–water partition coefficient (Wildman–Crippen LogP) is 8.13. The molecule has 0 saturated heterocycles. The van der Waals surface area contributed by atoms with E-state index in [1.54, 1.807) is 0 Å². The maximum Gasteiger partial charge on any atom is 2.00 e. The molecule has 4 aromatic carbocycles. The Hall–Kier alpha value is -5.84. The zero-order chi connectivity index (χ0) is 48.2. The number of aliphatic imine (C=N–C) groups is 2. The van der Waals surface area contributed by atoms with Crippen LogP contribution in [0.25, 0.3) is 44.3 Å². The Morgan fingerprint density at radius 3 is 0.985 bits per heavy atom. The number of nitrogens with zero attached hydrogens (tertiary/aromatic N) is 8. The first-order chi connectivity index (χ1) is 29.6. The van der Waals surface area contributed by atoms with Crippen molar-refractivity contribution in [3.8, 4) is 22.5 Å². The van der Waals surface area contributed by atoms with Gasteiger partial charge in [0.05, 0.1) is 33.8 Å². The van der Waals surface area contributed by atoms with E-state index in [0.717, 1.165) is 67.6 Å². The molecule has 0 aliphatic rings. The van der Waals surface area contributed by atoms with Gasteiger partial charge >= 0.3 is 28.1 Å². The van der Waals surface area contributed by atoms with Gasteiger partial charge in [0.15, 0.2) is 20.2 Å². The summed E-state index contributed by atoms with van der Waals surface area (Å²) in [6.45, 7) is 0. The molecule has 2 heterocycles. The number of rotatable bonds is 4. The molecule has 1 radical (unpaired) electrons.